The van der Waals surface area contributed by atoms with Crippen LogP contribution in [0.2, 0.25) is 0 Å². The summed E-state index contributed by atoms with van der Waals surface area (Å²) in [5, 5.41) is 0. The molecular formula is C22H26N2O4. The third-order valence-corrected chi connectivity index (χ3v) is 5.15. The zero-order valence-electron chi connectivity index (χ0n) is 16.2. The number of hydrogen-bond donors (Lipinski definition) is 0. The van der Waals surface area contributed by atoms with E-state index in [2.05, 4.69) is 34.1 Å². The van der Waals surface area contributed by atoms with Gasteiger partial charge in [0, 0.05) is 39.3 Å². The van der Waals surface area contributed by atoms with Crippen LogP contribution in [0.5, 0.6) is 11.5 Å². The quantitative estimate of drug-likeness (QED) is 0.716. The van der Waals surface area contributed by atoms with Gasteiger partial charge in [0.2, 0.25) is 6.79 Å². The first-order valence-electron chi connectivity index (χ1n) is 9.76. The molecule has 6 nitrogen and oxygen atoms in total. The van der Waals surface area contributed by atoms with Crippen LogP contribution < -0.4 is 9.47 Å². The van der Waals surface area contributed by atoms with Gasteiger partial charge in [-0.15, -0.1) is 0 Å². The normalized spacial score (nSPS) is 18.0. The van der Waals surface area contributed by atoms with E-state index in [0.717, 1.165) is 39.3 Å². The Bertz CT molecular complexity index is 803. The number of hydrogen-bond acceptors (Lipinski definition) is 6. The van der Waals surface area contributed by atoms with E-state index in [1.807, 2.05) is 13.0 Å². The third kappa shape index (κ3) is 4.64. The molecule has 2 aliphatic rings. The number of piperazine rings is 1. The molecule has 0 amide bonds. The lowest BCUT2D eigenvalue weighted by Gasteiger charge is -2.35. The van der Waals surface area contributed by atoms with Gasteiger partial charge >= 0.3 is 5.97 Å². The van der Waals surface area contributed by atoms with Crippen LogP contribution in [-0.4, -0.2) is 61.4 Å². The van der Waals surface area contributed by atoms with Crippen molar-refractivity contribution in [2.24, 2.45) is 0 Å². The first-order chi connectivity index (χ1) is 13.7. The van der Waals surface area contributed by atoms with Crippen molar-refractivity contribution in [2.75, 3.05) is 39.5 Å². The van der Waals surface area contributed by atoms with Gasteiger partial charge in [-0.1, -0.05) is 30.3 Å². The maximum absolute atomic E-state index is 12.4. The lowest BCUT2D eigenvalue weighted by molar-refractivity contribution is 0.0191. The van der Waals surface area contributed by atoms with Gasteiger partial charge in [0.15, 0.2) is 11.5 Å². The van der Waals surface area contributed by atoms with Gasteiger partial charge in [0.05, 0.1) is 5.56 Å². The van der Waals surface area contributed by atoms with Crippen LogP contribution in [0.4, 0.5) is 0 Å². The summed E-state index contributed by atoms with van der Waals surface area (Å²) in [6, 6.07) is 15.7. The first kappa shape index (κ1) is 18.8. The molecule has 0 N–H and O–H groups in total. The summed E-state index contributed by atoms with van der Waals surface area (Å²) in [5.74, 6) is 0.933. The number of ether oxygens (including phenoxy) is 3. The van der Waals surface area contributed by atoms with E-state index in [-0.39, 0.29) is 18.9 Å². The molecule has 148 valence electrons. The fourth-order valence-corrected chi connectivity index (χ4v) is 3.65. The van der Waals surface area contributed by atoms with Crippen molar-refractivity contribution in [2.45, 2.75) is 19.6 Å². The highest BCUT2D eigenvalue weighted by atomic mass is 16.7. The van der Waals surface area contributed by atoms with Crippen LogP contribution in [-0.2, 0) is 11.3 Å². The predicted octanol–water partition coefficient (Wildman–Crippen LogP) is 2.78. The van der Waals surface area contributed by atoms with E-state index in [1.165, 1.54) is 5.56 Å². The predicted molar refractivity (Wildman–Crippen MR) is 106 cm³/mol. The van der Waals surface area contributed by atoms with E-state index >= 15 is 0 Å². The minimum Gasteiger partial charge on any atom is -0.458 e. The second kappa shape index (κ2) is 8.63. The van der Waals surface area contributed by atoms with Crippen LogP contribution in [0.25, 0.3) is 0 Å². The second-order valence-corrected chi connectivity index (χ2v) is 7.35. The molecule has 0 aliphatic carbocycles. The van der Waals surface area contributed by atoms with Gasteiger partial charge in [0.25, 0.3) is 0 Å². The molecule has 0 radical (unpaired) electrons. The van der Waals surface area contributed by atoms with E-state index in [0.29, 0.717) is 17.1 Å². The van der Waals surface area contributed by atoms with E-state index in [1.54, 1.807) is 18.2 Å². The number of benzene rings is 2. The molecule has 1 saturated heterocycles. The van der Waals surface area contributed by atoms with Gasteiger partial charge in [-0.05, 0) is 30.7 Å². The largest absolute Gasteiger partial charge is 0.458 e. The molecule has 6 heteroatoms. The molecule has 0 saturated carbocycles. The van der Waals surface area contributed by atoms with Crippen molar-refractivity contribution in [1.82, 2.24) is 9.80 Å². The summed E-state index contributed by atoms with van der Waals surface area (Å²) >= 11 is 0. The Kier molecular flexibility index (Phi) is 5.78. The van der Waals surface area contributed by atoms with Gasteiger partial charge in [-0.25, -0.2) is 4.79 Å². The maximum Gasteiger partial charge on any atom is 0.338 e. The van der Waals surface area contributed by atoms with Crippen molar-refractivity contribution in [3.05, 3.63) is 59.7 Å². The first-order valence-corrected chi connectivity index (χ1v) is 9.76. The van der Waals surface area contributed by atoms with Crippen molar-refractivity contribution < 1.29 is 19.0 Å². The van der Waals surface area contributed by atoms with Crippen LogP contribution >= 0.6 is 0 Å². The summed E-state index contributed by atoms with van der Waals surface area (Å²) in [4.78, 5) is 17.2. The fourth-order valence-electron chi connectivity index (χ4n) is 3.65. The zero-order valence-corrected chi connectivity index (χ0v) is 16.2. The zero-order chi connectivity index (χ0) is 19.3. The number of carbonyl (C=O) groups is 1. The highest BCUT2D eigenvalue weighted by Crippen LogP contribution is 2.32. The average Bonchev–Trinajstić information content (AvgIpc) is 3.18. The molecule has 2 aromatic rings. The lowest BCUT2D eigenvalue weighted by Crippen LogP contribution is -2.48. The molecular weight excluding hydrogens is 356 g/mol. The van der Waals surface area contributed by atoms with Gasteiger partial charge in [-0.2, -0.15) is 0 Å². The van der Waals surface area contributed by atoms with E-state index in [4.69, 9.17) is 14.2 Å². The Balaban J connectivity index is 1.22. The average molecular weight is 382 g/mol. The molecule has 0 bridgehead atoms. The number of carbonyl (C=O) groups excluding carboxylic acids is 1. The van der Waals surface area contributed by atoms with E-state index in [9.17, 15) is 4.79 Å². The topological polar surface area (TPSA) is 51.2 Å². The van der Waals surface area contributed by atoms with Crippen LogP contribution in [0.3, 0.4) is 0 Å². The Morgan fingerprint density at radius 2 is 1.71 bits per heavy atom. The molecule has 0 spiro atoms. The molecule has 1 fully saturated rings. The van der Waals surface area contributed by atoms with Crippen molar-refractivity contribution in [3.63, 3.8) is 0 Å². The lowest BCUT2D eigenvalue weighted by atomic mass is 10.2. The Morgan fingerprint density at radius 3 is 2.50 bits per heavy atom. The van der Waals surface area contributed by atoms with Crippen molar-refractivity contribution >= 4 is 5.97 Å². The maximum atomic E-state index is 12.4. The second-order valence-electron chi connectivity index (χ2n) is 7.35. The number of esters is 1. The summed E-state index contributed by atoms with van der Waals surface area (Å²) in [6.07, 6.45) is -0.168. The van der Waals surface area contributed by atoms with Gasteiger partial charge in [0.1, 0.15) is 6.10 Å². The highest BCUT2D eigenvalue weighted by molar-refractivity contribution is 5.90. The molecule has 0 aromatic heterocycles. The smallest absolute Gasteiger partial charge is 0.338 e. The van der Waals surface area contributed by atoms with Gasteiger partial charge in [-0.3, -0.25) is 9.80 Å². The Morgan fingerprint density at radius 1 is 1.00 bits per heavy atom. The highest BCUT2D eigenvalue weighted by Gasteiger charge is 2.22. The summed E-state index contributed by atoms with van der Waals surface area (Å²) in [7, 11) is 0. The fraction of sp³-hybridized carbons (Fsp3) is 0.409. The summed E-state index contributed by atoms with van der Waals surface area (Å²) in [5.41, 5.74) is 1.84. The molecule has 1 atom stereocenters. The van der Waals surface area contributed by atoms with Crippen LogP contribution in [0, 0.1) is 0 Å². The summed E-state index contributed by atoms with van der Waals surface area (Å²) < 4.78 is 16.2. The molecule has 2 aliphatic heterocycles. The monoisotopic (exact) mass is 382 g/mol. The molecule has 2 aromatic carbocycles. The van der Waals surface area contributed by atoms with Crippen LogP contribution in [0.1, 0.15) is 22.8 Å². The number of rotatable bonds is 6. The standard InChI is InChI=1S/C22H26N2O4/c1-17(28-22(25)19-7-8-20-21(13-19)27-16-26-20)14-23-9-11-24(12-10-23)15-18-5-3-2-4-6-18/h2-8,13,17H,9-12,14-16H2,1H3. The Hall–Kier alpha value is -2.57. The SMILES string of the molecule is CC(CN1CCN(Cc2ccccc2)CC1)OC(=O)c1ccc2c(c1)OCO2. The minimum absolute atomic E-state index is 0.168. The van der Waals surface area contributed by atoms with Crippen LogP contribution in [0.15, 0.2) is 48.5 Å². The molecule has 4 rings (SSSR count). The van der Waals surface area contributed by atoms with Gasteiger partial charge < -0.3 is 14.2 Å². The van der Waals surface area contributed by atoms with Crippen molar-refractivity contribution in [3.8, 4) is 11.5 Å². The number of nitrogens with zero attached hydrogens (tertiary/aromatic N) is 2. The molecule has 2 heterocycles. The van der Waals surface area contributed by atoms with Crippen molar-refractivity contribution in [1.29, 1.82) is 0 Å². The minimum atomic E-state index is -0.325. The Labute approximate surface area is 165 Å². The number of fused-ring (bicyclic) bond motifs is 1. The summed E-state index contributed by atoms with van der Waals surface area (Å²) in [6.45, 7) is 7.90. The molecule has 28 heavy (non-hydrogen) atoms. The van der Waals surface area contributed by atoms with E-state index < -0.39 is 0 Å². The molecule has 1 unspecified atom stereocenters. The third-order valence-electron chi connectivity index (χ3n) is 5.15.